The highest BCUT2D eigenvalue weighted by molar-refractivity contribution is 5.96. The molecule has 1 aromatic heterocycles. The molecule has 0 saturated heterocycles. The molecule has 0 spiro atoms. The number of amides is 4. The molecule has 0 saturated carbocycles. The lowest BCUT2D eigenvalue weighted by Gasteiger charge is -2.24. The van der Waals surface area contributed by atoms with Crippen molar-refractivity contribution in [3.8, 4) is 5.75 Å². The summed E-state index contributed by atoms with van der Waals surface area (Å²) in [6, 6.07) is 14.0. The molecule has 0 bridgehead atoms. The average Bonchev–Trinajstić information content (AvgIpc) is 3.00. The summed E-state index contributed by atoms with van der Waals surface area (Å²) >= 11 is 0. The van der Waals surface area contributed by atoms with E-state index in [0.717, 1.165) is 21.1 Å². The Labute approximate surface area is 269 Å². The van der Waals surface area contributed by atoms with Crippen molar-refractivity contribution in [3.63, 3.8) is 0 Å². The number of carbonyl (C=O) groups is 4. The molecule has 4 amide bonds. The Morgan fingerprint density at radius 1 is 1.02 bits per heavy atom. The van der Waals surface area contributed by atoms with Crippen LogP contribution in [-0.4, -0.2) is 75.7 Å². The van der Waals surface area contributed by atoms with Gasteiger partial charge in [-0.05, 0) is 44.5 Å². The van der Waals surface area contributed by atoms with Crippen LogP contribution in [0.2, 0.25) is 0 Å². The number of nitrogens with zero attached hydrogens (tertiary/aromatic N) is 4. The lowest BCUT2D eigenvalue weighted by molar-refractivity contribution is -0.384. The number of hydrogen-bond donors (Lipinski definition) is 3. The Morgan fingerprint density at radius 2 is 1.74 bits per heavy atom. The van der Waals surface area contributed by atoms with Crippen LogP contribution < -0.4 is 26.4 Å². The summed E-state index contributed by atoms with van der Waals surface area (Å²) in [5.74, 6) is -1.43. The summed E-state index contributed by atoms with van der Waals surface area (Å²) in [4.78, 5) is 78.8. The summed E-state index contributed by atoms with van der Waals surface area (Å²) < 4.78 is 16.2. The first kappa shape index (κ1) is 35.5. The lowest BCUT2D eigenvalue weighted by Crippen LogP contribution is -2.45. The van der Waals surface area contributed by atoms with Gasteiger partial charge in [0.05, 0.1) is 24.6 Å². The maximum absolute atomic E-state index is 13.3. The van der Waals surface area contributed by atoms with Gasteiger partial charge in [-0.2, -0.15) is 4.98 Å². The zero-order valence-corrected chi connectivity index (χ0v) is 26.2. The molecule has 17 nitrogen and oxygen atoms in total. The number of benzene rings is 2. The number of anilines is 2. The topological polar surface area (TPSA) is 213 Å². The summed E-state index contributed by atoms with van der Waals surface area (Å²) in [7, 11) is 1.33. The zero-order valence-electron chi connectivity index (χ0n) is 26.2. The number of nitro benzene ring substituents is 1. The quantitative estimate of drug-likeness (QED) is 0.180. The van der Waals surface area contributed by atoms with E-state index in [4.69, 9.17) is 14.2 Å². The number of aromatic nitrogens is 2. The van der Waals surface area contributed by atoms with E-state index < -0.39 is 59.0 Å². The van der Waals surface area contributed by atoms with Gasteiger partial charge in [0.1, 0.15) is 36.0 Å². The SMILES string of the molecule is COc1ccc(NC(=O)CN(CCNC(=O)OC(C)(C)C)C(=O)Cn2ccc(NC(=O)OCc3ccccc3)nc2=O)c([N+](=O)[O-])c1. The predicted octanol–water partition coefficient (Wildman–Crippen LogP) is 2.90. The summed E-state index contributed by atoms with van der Waals surface area (Å²) in [5.41, 5.74) is -1.47. The van der Waals surface area contributed by atoms with E-state index in [9.17, 15) is 34.1 Å². The highest BCUT2D eigenvalue weighted by atomic mass is 16.6. The monoisotopic (exact) mass is 653 g/mol. The van der Waals surface area contributed by atoms with Crippen molar-refractivity contribution in [1.29, 1.82) is 0 Å². The molecule has 250 valence electrons. The summed E-state index contributed by atoms with van der Waals surface area (Å²) in [5, 5.41) is 18.8. The van der Waals surface area contributed by atoms with E-state index in [2.05, 4.69) is 20.9 Å². The molecule has 0 aliphatic heterocycles. The molecular formula is C30H35N7O10. The van der Waals surface area contributed by atoms with Gasteiger partial charge in [-0.1, -0.05) is 30.3 Å². The Morgan fingerprint density at radius 3 is 2.38 bits per heavy atom. The molecule has 0 unspecified atom stereocenters. The van der Waals surface area contributed by atoms with Gasteiger partial charge >= 0.3 is 17.9 Å². The first-order chi connectivity index (χ1) is 22.2. The molecule has 2 aromatic carbocycles. The fraction of sp³-hybridized carbons (Fsp3) is 0.333. The molecule has 0 radical (unpaired) electrons. The maximum atomic E-state index is 13.3. The lowest BCUT2D eigenvalue weighted by atomic mass is 10.2. The van der Waals surface area contributed by atoms with Gasteiger partial charge in [0, 0.05) is 19.3 Å². The van der Waals surface area contributed by atoms with Crippen LogP contribution in [0.4, 0.5) is 26.8 Å². The summed E-state index contributed by atoms with van der Waals surface area (Å²) in [6.07, 6.45) is -0.381. The Hall–Kier alpha value is -6.00. The van der Waals surface area contributed by atoms with Gasteiger partial charge in [-0.15, -0.1) is 0 Å². The zero-order chi connectivity index (χ0) is 34.6. The van der Waals surface area contributed by atoms with Crippen molar-refractivity contribution in [1.82, 2.24) is 19.8 Å². The number of rotatable bonds is 13. The Bertz CT molecular complexity index is 1650. The molecule has 17 heteroatoms. The van der Waals surface area contributed by atoms with E-state index in [1.807, 2.05) is 6.07 Å². The molecule has 0 aliphatic rings. The predicted molar refractivity (Wildman–Crippen MR) is 168 cm³/mol. The van der Waals surface area contributed by atoms with E-state index in [-0.39, 0.29) is 37.0 Å². The second-order valence-electron chi connectivity index (χ2n) is 10.8. The van der Waals surface area contributed by atoms with Crippen LogP contribution in [0.3, 0.4) is 0 Å². The van der Waals surface area contributed by atoms with E-state index in [0.29, 0.717) is 0 Å². The van der Waals surface area contributed by atoms with Gasteiger partial charge in [-0.25, -0.2) is 14.4 Å². The smallest absolute Gasteiger partial charge is 0.413 e. The highest BCUT2D eigenvalue weighted by Gasteiger charge is 2.23. The van der Waals surface area contributed by atoms with Gasteiger partial charge in [-0.3, -0.25) is 29.6 Å². The van der Waals surface area contributed by atoms with Crippen molar-refractivity contribution in [2.45, 2.75) is 39.5 Å². The van der Waals surface area contributed by atoms with Gasteiger partial charge in [0.15, 0.2) is 0 Å². The number of carbonyl (C=O) groups excluding carboxylic acids is 4. The molecule has 0 aliphatic carbocycles. The molecule has 1 heterocycles. The molecule has 0 atom stereocenters. The molecule has 3 rings (SSSR count). The third-order valence-electron chi connectivity index (χ3n) is 6.04. The number of nitrogens with one attached hydrogen (secondary N) is 3. The van der Waals surface area contributed by atoms with E-state index in [1.165, 1.54) is 31.5 Å². The number of hydrogen-bond acceptors (Lipinski definition) is 11. The third kappa shape index (κ3) is 11.8. The minimum atomic E-state index is -0.885. The van der Waals surface area contributed by atoms with E-state index in [1.54, 1.807) is 45.0 Å². The first-order valence-corrected chi connectivity index (χ1v) is 14.2. The molecule has 3 aromatic rings. The Kier molecular flexibility index (Phi) is 12.3. The van der Waals surface area contributed by atoms with Crippen molar-refractivity contribution >= 4 is 41.2 Å². The van der Waals surface area contributed by atoms with Crippen LogP contribution in [0.15, 0.2) is 65.6 Å². The second-order valence-corrected chi connectivity index (χ2v) is 10.8. The summed E-state index contributed by atoms with van der Waals surface area (Å²) in [6.45, 7) is 3.54. The van der Waals surface area contributed by atoms with Gasteiger partial charge in [0.2, 0.25) is 11.8 Å². The van der Waals surface area contributed by atoms with Crippen LogP contribution in [0, 0.1) is 10.1 Å². The molecule has 3 N–H and O–H groups in total. The van der Waals surface area contributed by atoms with Crippen molar-refractivity contribution in [2.75, 3.05) is 37.4 Å². The number of methoxy groups -OCH3 is 1. The standard InChI is InChI=1S/C30H35N7O10/c1-30(2,3)47-28(41)31-13-15-35(17-25(38)32-22-11-10-21(45-4)16-23(22)37(43)44)26(39)18-36-14-12-24(33-27(36)40)34-29(42)46-19-20-8-6-5-7-9-20/h5-12,14,16H,13,15,17-19H2,1-4H3,(H,31,41)(H,32,38)(H,33,34,40,42). The fourth-order valence-electron chi connectivity index (χ4n) is 3.89. The molecular weight excluding hydrogens is 618 g/mol. The number of nitro groups is 1. The van der Waals surface area contributed by atoms with Crippen LogP contribution >= 0.6 is 0 Å². The van der Waals surface area contributed by atoms with E-state index >= 15 is 0 Å². The van der Waals surface area contributed by atoms with Gasteiger partial charge < -0.3 is 29.7 Å². The second kappa shape index (κ2) is 16.4. The average molecular weight is 654 g/mol. The van der Waals surface area contributed by atoms with Crippen LogP contribution in [-0.2, 0) is 32.2 Å². The van der Waals surface area contributed by atoms with Crippen LogP contribution in [0.5, 0.6) is 5.75 Å². The third-order valence-corrected chi connectivity index (χ3v) is 6.04. The van der Waals surface area contributed by atoms with Crippen molar-refractivity contribution in [2.24, 2.45) is 0 Å². The normalized spacial score (nSPS) is 10.7. The van der Waals surface area contributed by atoms with Crippen molar-refractivity contribution in [3.05, 3.63) is 87.0 Å². The molecule has 0 fully saturated rings. The van der Waals surface area contributed by atoms with Crippen molar-refractivity contribution < 1.29 is 38.3 Å². The largest absolute Gasteiger partial charge is 0.496 e. The maximum Gasteiger partial charge on any atom is 0.413 e. The Balaban J connectivity index is 1.69. The molecule has 47 heavy (non-hydrogen) atoms. The van der Waals surface area contributed by atoms with Gasteiger partial charge in [0.25, 0.3) is 5.69 Å². The fourth-order valence-corrected chi connectivity index (χ4v) is 3.89. The van der Waals surface area contributed by atoms with Crippen LogP contribution in [0.1, 0.15) is 26.3 Å². The minimum absolute atomic E-state index is 0.00372. The number of alkyl carbamates (subject to hydrolysis) is 1. The minimum Gasteiger partial charge on any atom is -0.496 e. The van der Waals surface area contributed by atoms with Crippen LogP contribution in [0.25, 0.3) is 0 Å². The highest BCUT2D eigenvalue weighted by Crippen LogP contribution is 2.28. The number of ether oxygens (including phenoxy) is 3. The first-order valence-electron chi connectivity index (χ1n) is 14.2.